The van der Waals surface area contributed by atoms with E-state index in [2.05, 4.69) is 288 Å². The van der Waals surface area contributed by atoms with Crippen molar-refractivity contribution in [1.29, 1.82) is 0 Å². The standard InChI is InChI=1S/C34H21BrN2S.C28H25BN2O2S.C12H8Br2/c35-28-13-7-12-27(21-28)26-11-6-10-25(20-26)22-16-18-24(19-17-22)34-36-31(23-8-2-1-3-9-23)33-32(37-34)29-14-4-5-15-30(29)38-33;1-27(2)28(3,4)33-29(32-27)20-16-14-19(15-17-20)26-30-23(18-10-6-5-7-11-18)25-24(31-26)21-12-8-9-13-22(21)34-25;13-11-5-1-3-9(7-11)10-4-2-6-12(14)8-10/h1-21H;5-17H,1-4H3;1-8H. The fourth-order valence-corrected chi connectivity index (χ4v) is 14.0. The maximum absolute atomic E-state index is 6.22. The van der Waals surface area contributed by atoms with Crippen LogP contribution in [0, 0.1) is 0 Å². The topological polar surface area (TPSA) is 70.0 Å². The minimum atomic E-state index is -0.386. The zero-order valence-electron chi connectivity index (χ0n) is 47.4. The van der Waals surface area contributed by atoms with Crippen molar-refractivity contribution in [3.8, 4) is 78.7 Å². The summed E-state index contributed by atoms with van der Waals surface area (Å²) in [5.41, 5.74) is 15.6. The molecule has 0 bridgehead atoms. The normalized spacial score (nSPS) is 13.4. The first-order chi connectivity index (χ1) is 41.8. The molecule has 12 heteroatoms. The Balaban J connectivity index is 0.000000131. The lowest BCUT2D eigenvalue weighted by atomic mass is 9.79. The molecule has 0 saturated carbocycles. The van der Waals surface area contributed by atoms with Crippen LogP contribution in [0.3, 0.4) is 0 Å². The number of fused-ring (bicyclic) bond motifs is 6. The third kappa shape index (κ3) is 12.0. The molecule has 0 N–H and O–H groups in total. The Labute approximate surface area is 534 Å². The highest BCUT2D eigenvalue weighted by Crippen LogP contribution is 2.42. The number of hydrogen-bond acceptors (Lipinski definition) is 8. The summed E-state index contributed by atoms with van der Waals surface area (Å²) in [6.07, 6.45) is 0. The van der Waals surface area contributed by atoms with E-state index >= 15 is 0 Å². The molecular formula is C74H54BBr3N4O2S2. The number of aromatic nitrogens is 4. The zero-order valence-corrected chi connectivity index (χ0v) is 53.8. The molecule has 0 radical (unpaired) electrons. The Bertz CT molecular complexity index is 4710. The van der Waals surface area contributed by atoms with Crippen molar-refractivity contribution in [3.05, 3.63) is 268 Å². The van der Waals surface area contributed by atoms with E-state index in [4.69, 9.17) is 29.2 Å². The minimum absolute atomic E-state index is 0.366. The smallest absolute Gasteiger partial charge is 0.399 e. The molecule has 5 heterocycles. The average molecular weight is 1350 g/mol. The Hall–Kier alpha value is -7.78. The lowest BCUT2D eigenvalue weighted by molar-refractivity contribution is 0.00578. The van der Waals surface area contributed by atoms with Crippen LogP contribution < -0.4 is 5.46 Å². The van der Waals surface area contributed by atoms with Gasteiger partial charge >= 0.3 is 7.12 Å². The molecule has 4 aromatic heterocycles. The summed E-state index contributed by atoms with van der Waals surface area (Å²) in [6, 6.07) is 88.1. The van der Waals surface area contributed by atoms with Crippen LogP contribution in [0.1, 0.15) is 27.7 Å². The van der Waals surface area contributed by atoms with E-state index in [9.17, 15) is 0 Å². The van der Waals surface area contributed by atoms with Gasteiger partial charge in [0.2, 0.25) is 0 Å². The highest BCUT2D eigenvalue weighted by Gasteiger charge is 2.51. The molecule has 0 amide bonds. The molecule has 0 aliphatic carbocycles. The van der Waals surface area contributed by atoms with Crippen molar-refractivity contribution in [2.75, 3.05) is 0 Å². The molecule has 15 rings (SSSR count). The lowest BCUT2D eigenvalue weighted by Crippen LogP contribution is -2.41. The third-order valence-electron chi connectivity index (χ3n) is 15.7. The number of nitrogens with zero attached hydrogens (tertiary/aromatic N) is 4. The highest BCUT2D eigenvalue weighted by molar-refractivity contribution is 9.11. The zero-order chi connectivity index (χ0) is 58.9. The second-order valence-electron chi connectivity index (χ2n) is 22.0. The lowest BCUT2D eigenvalue weighted by Gasteiger charge is -2.32. The monoisotopic (exact) mass is 1340 g/mol. The van der Waals surface area contributed by atoms with Gasteiger partial charge in [0.1, 0.15) is 0 Å². The number of hydrogen-bond donors (Lipinski definition) is 0. The van der Waals surface area contributed by atoms with Crippen LogP contribution in [0.4, 0.5) is 0 Å². The van der Waals surface area contributed by atoms with Gasteiger partial charge in [-0.25, -0.2) is 19.9 Å². The molecule has 10 aromatic carbocycles. The van der Waals surface area contributed by atoms with E-state index in [0.29, 0.717) is 0 Å². The van der Waals surface area contributed by atoms with E-state index in [-0.39, 0.29) is 18.3 Å². The molecule has 1 aliphatic rings. The maximum atomic E-state index is 6.22. The van der Waals surface area contributed by atoms with Gasteiger partial charge in [0.05, 0.1) is 43.0 Å². The van der Waals surface area contributed by atoms with Gasteiger partial charge in [-0.1, -0.05) is 248 Å². The predicted molar refractivity (Wildman–Crippen MR) is 373 cm³/mol. The van der Waals surface area contributed by atoms with Crippen LogP contribution in [0.2, 0.25) is 0 Å². The van der Waals surface area contributed by atoms with Crippen LogP contribution in [0.5, 0.6) is 0 Å². The van der Waals surface area contributed by atoms with Crippen molar-refractivity contribution >= 4 is 124 Å². The largest absolute Gasteiger partial charge is 0.494 e. The quantitative estimate of drug-likeness (QED) is 0.141. The summed E-state index contributed by atoms with van der Waals surface area (Å²) < 4.78 is 20.4. The van der Waals surface area contributed by atoms with Crippen LogP contribution >= 0.6 is 70.5 Å². The summed E-state index contributed by atoms with van der Waals surface area (Å²) in [5, 5.41) is 2.34. The number of thiophene rings is 2. The van der Waals surface area contributed by atoms with Gasteiger partial charge in [0, 0.05) is 55.8 Å². The van der Waals surface area contributed by atoms with Gasteiger partial charge in [0.25, 0.3) is 0 Å². The summed E-state index contributed by atoms with van der Waals surface area (Å²) in [4.78, 5) is 20.3. The number of halogens is 3. The van der Waals surface area contributed by atoms with E-state index < -0.39 is 0 Å². The van der Waals surface area contributed by atoms with E-state index in [1.165, 1.54) is 42.6 Å². The average Bonchev–Trinajstić information content (AvgIpc) is 1.80. The first kappa shape index (κ1) is 57.3. The molecule has 0 atom stereocenters. The van der Waals surface area contributed by atoms with Crippen LogP contribution in [0.25, 0.3) is 119 Å². The van der Waals surface area contributed by atoms with Crippen LogP contribution in [0.15, 0.2) is 268 Å². The first-order valence-corrected chi connectivity index (χ1v) is 32.3. The fourth-order valence-electron chi connectivity index (χ4n) is 10.5. The summed E-state index contributed by atoms with van der Waals surface area (Å²) >= 11 is 14.0. The minimum Gasteiger partial charge on any atom is -0.399 e. The second-order valence-corrected chi connectivity index (χ2v) is 26.8. The predicted octanol–water partition coefficient (Wildman–Crippen LogP) is 21.6. The Morgan fingerprint density at radius 2 is 0.663 bits per heavy atom. The Morgan fingerprint density at radius 3 is 1.08 bits per heavy atom. The summed E-state index contributed by atoms with van der Waals surface area (Å²) in [7, 11) is -0.386. The van der Waals surface area contributed by atoms with Crippen molar-refractivity contribution in [2.24, 2.45) is 0 Å². The summed E-state index contributed by atoms with van der Waals surface area (Å²) in [6.45, 7) is 8.28. The van der Waals surface area contributed by atoms with Crippen LogP contribution in [-0.4, -0.2) is 38.3 Å². The molecule has 418 valence electrons. The van der Waals surface area contributed by atoms with Gasteiger partial charge in [-0.05, 0) is 121 Å². The van der Waals surface area contributed by atoms with Crippen molar-refractivity contribution in [2.45, 2.75) is 38.9 Å². The van der Waals surface area contributed by atoms with Crippen molar-refractivity contribution in [3.63, 3.8) is 0 Å². The molecule has 6 nitrogen and oxygen atoms in total. The molecule has 1 fully saturated rings. The molecule has 14 aromatic rings. The van der Waals surface area contributed by atoms with Crippen molar-refractivity contribution in [1.82, 2.24) is 19.9 Å². The van der Waals surface area contributed by atoms with Gasteiger partial charge < -0.3 is 9.31 Å². The second kappa shape index (κ2) is 24.5. The van der Waals surface area contributed by atoms with E-state index in [1.54, 1.807) is 22.7 Å². The van der Waals surface area contributed by atoms with Gasteiger partial charge in [-0.3, -0.25) is 0 Å². The summed E-state index contributed by atoms with van der Waals surface area (Å²) in [5.74, 6) is 1.46. The van der Waals surface area contributed by atoms with E-state index in [1.807, 2.05) is 42.5 Å². The van der Waals surface area contributed by atoms with Gasteiger partial charge in [0.15, 0.2) is 11.6 Å². The number of rotatable bonds is 8. The van der Waals surface area contributed by atoms with Gasteiger partial charge in [-0.15, -0.1) is 22.7 Å². The fraction of sp³-hybridized carbons (Fsp3) is 0.0811. The van der Waals surface area contributed by atoms with Gasteiger partial charge in [-0.2, -0.15) is 0 Å². The van der Waals surface area contributed by atoms with Crippen LogP contribution in [-0.2, 0) is 9.31 Å². The molecular weight excluding hydrogens is 1290 g/mol. The van der Waals surface area contributed by atoms with E-state index in [0.717, 1.165) is 95.6 Å². The first-order valence-electron chi connectivity index (χ1n) is 28.2. The van der Waals surface area contributed by atoms with Crippen molar-refractivity contribution < 1.29 is 9.31 Å². The molecule has 0 spiro atoms. The Kier molecular flexibility index (Phi) is 16.4. The Morgan fingerprint density at radius 1 is 0.326 bits per heavy atom. The SMILES string of the molecule is Brc1cccc(-c2cccc(-c3ccc(-c4nc(-c5ccccc5)c5sc6ccccc6c5n4)cc3)c2)c1.Brc1cccc(-c2cccc(Br)c2)c1.CC1(C)OB(c2ccc(-c3nc(-c4ccccc4)c4sc5ccccc5c4n3)cc2)OC1(C)C. The number of benzene rings is 10. The third-order valence-corrected chi connectivity index (χ3v) is 19.5. The molecule has 1 aliphatic heterocycles. The maximum Gasteiger partial charge on any atom is 0.494 e. The molecule has 0 unspecified atom stereocenters. The molecule has 86 heavy (non-hydrogen) atoms. The molecule has 1 saturated heterocycles. The highest BCUT2D eigenvalue weighted by atomic mass is 79.9.